The number of aliphatic hydroxyl groups excluding tert-OH is 1. The molecule has 1 unspecified atom stereocenters. The summed E-state index contributed by atoms with van der Waals surface area (Å²) in [5, 5.41) is 9.92. The van der Waals surface area contributed by atoms with Crippen LogP contribution < -0.4 is 4.74 Å². The Morgan fingerprint density at radius 3 is 2.82 bits per heavy atom. The molecule has 1 saturated carbocycles. The first kappa shape index (κ1) is 12.4. The predicted molar refractivity (Wildman–Crippen MR) is 64.6 cm³/mol. The first-order chi connectivity index (χ1) is 8.18. The molecule has 0 aliphatic heterocycles. The zero-order valence-electron chi connectivity index (χ0n) is 10.2. The molecular formula is C14H19FO2. The number of hydrogen-bond donors (Lipinski definition) is 1. The molecule has 0 bridgehead atoms. The summed E-state index contributed by atoms with van der Waals surface area (Å²) < 4.78 is 19.0. The molecule has 0 amide bonds. The van der Waals surface area contributed by atoms with Gasteiger partial charge in [-0.15, -0.1) is 0 Å². The predicted octanol–water partition coefficient (Wildman–Crippen LogP) is 3.06. The Morgan fingerprint density at radius 2 is 2.12 bits per heavy atom. The van der Waals surface area contributed by atoms with Crippen molar-refractivity contribution in [2.24, 2.45) is 5.92 Å². The van der Waals surface area contributed by atoms with Crippen molar-refractivity contribution < 1.29 is 14.2 Å². The third kappa shape index (κ3) is 2.97. The summed E-state index contributed by atoms with van der Waals surface area (Å²) >= 11 is 0. The topological polar surface area (TPSA) is 29.5 Å². The summed E-state index contributed by atoms with van der Waals surface area (Å²) in [7, 11) is 0. The van der Waals surface area contributed by atoms with Crippen LogP contribution in [-0.2, 0) is 0 Å². The molecule has 17 heavy (non-hydrogen) atoms. The van der Waals surface area contributed by atoms with Gasteiger partial charge in [-0.05, 0) is 37.3 Å². The van der Waals surface area contributed by atoms with Crippen LogP contribution in [0.3, 0.4) is 0 Å². The maximum Gasteiger partial charge on any atom is 0.167 e. The Hall–Kier alpha value is -1.09. The molecule has 0 saturated heterocycles. The zero-order chi connectivity index (χ0) is 12.3. The highest BCUT2D eigenvalue weighted by atomic mass is 19.1. The zero-order valence-corrected chi connectivity index (χ0v) is 10.2. The molecule has 1 aromatic carbocycles. The molecule has 1 aliphatic rings. The molecular weight excluding hydrogens is 219 g/mol. The molecule has 0 heterocycles. The van der Waals surface area contributed by atoms with Crippen LogP contribution >= 0.6 is 0 Å². The fourth-order valence-corrected chi connectivity index (χ4v) is 2.39. The molecule has 2 rings (SSSR count). The Labute approximate surface area is 101 Å². The van der Waals surface area contributed by atoms with Gasteiger partial charge >= 0.3 is 0 Å². The average molecular weight is 238 g/mol. The molecule has 1 fully saturated rings. The largest absolute Gasteiger partial charge is 0.488 e. The van der Waals surface area contributed by atoms with Crippen molar-refractivity contribution in [3.63, 3.8) is 0 Å². The second kappa shape index (κ2) is 5.50. The third-order valence-corrected chi connectivity index (χ3v) is 3.51. The van der Waals surface area contributed by atoms with Gasteiger partial charge in [-0.25, -0.2) is 4.39 Å². The summed E-state index contributed by atoms with van der Waals surface area (Å²) in [6, 6.07) is 5.06. The Bertz CT molecular complexity index is 372. The van der Waals surface area contributed by atoms with Crippen LogP contribution in [0.5, 0.6) is 5.75 Å². The first-order valence-electron chi connectivity index (χ1n) is 6.24. The fraction of sp³-hybridized carbons (Fsp3) is 0.571. The van der Waals surface area contributed by atoms with Gasteiger partial charge in [0.2, 0.25) is 0 Å². The molecule has 0 radical (unpaired) electrons. The molecule has 1 N–H and O–H groups in total. The molecule has 3 heteroatoms. The van der Waals surface area contributed by atoms with E-state index in [1.54, 1.807) is 25.1 Å². The van der Waals surface area contributed by atoms with E-state index in [1.807, 2.05) is 0 Å². The number of hydrogen-bond acceptors (Lipinski definition) is 2. The highest BCUT2D eigenvalue weighted by molar-refractivity contribution is 5.30. The lowest BCUT2D eigenvalue weighted by molar-refractivity contribution is 0.0578. The van der Waals surface area contributed by atoms with E-state index in [4.69, 9.17) is 4.74 Å². The van der Waals surface area contributed by atoms with E-state index in [2.05, 4.69) is 0 Å². The van der Waals surface area contributed by atoms with Gasteiger partial charge in [-0.2, -0.15) is 0 Å². The van der Waals surface area contributed by atoms with E-state index >= 15 is 0 Å². The van der Waals surface area contributed by atoms with Crippen LogP contribution in [0.25, 0.3) is 0 Å². The van der Waals surface area contributed by atoms with E-state index in [-0.39, 0.29) is 18.2 Å². The Balaban J connectivity index is 1.90. The number of aryl methyl sites for hydroxylation is 1. The molecule has 2 nitrogen and oxygen atoms in total. The number of ether oxygens (including phenoxy) is 1. The number of benzene rings is 1. The summed E-state index contributed by atoms with van der Waals surface area (Å²) in [4.78, 5) is 0. The minimum absolute atomic E-state index is 0.186. The van der Waals surface area contributed by atoms with Gasteiger partial charge < -0.3 is 9.84 Å². The molecule has 0 aromatic heterocycles. The highest BCUT2D eigenvalue weighted by Gasteiger charge is 2.23. The average Bonchev–Trinajstić information content (AvgIpc) is 2.84. The monoisotopic (exact) mass is 238 g/mol. The Morgan fingerprint density at radius 1 is 1.41 bits per heavy atom. The van der Waals surface area contributed by atoms with Crippen molar-refractivity contribution in [2.75, 3.05) is 6.61 Å². The van der Waals surface area contributed by atoms with Crippen LogP contribution in [0.1, 0.15) is 31.2 Å². The Kier molecular flexibility index (Phi) is 4.00. The SMILES string of the molecule is Cc1cccc(OCC(O)C2CCCC2)c1F. The van der Waals surface area contributed by atoms with Crippen LogP contribution in [-0.4, -0.2) is 17.8 Å². The van der Waals surface area contributed by atoms with Gasteiger partial charge in [0.05, 0.1) is 6.10 Å². The lowest BCUT2D eigenvalue weighted by Gasteiger charge is -2.18. The van der Waals surface area contributed by atoms with Crippen LogP contribution in [0.15, 0.2) is 18.2 Å². The standard InChI is InChI=1S/C14H19FO2/c1-10-5-4-8-13(14(10)15)17-9-12(16)11-6-2-3-7-11/h4-5,8,11-12,16H,2-3,6-7,9H2,1H3. The molecule has 1 atom stereocenters. The van der Waals surface area contributed by atoms with Gasteiger partial charge in [0, 0.05) is 0 Å². The van der Waals surface area contributed by atoms with Crippen molar-refractivity contribution in [3.05, 3.63) is 29.6 Å². The van der Waals surface area contributed by atoms with Gasteiger partial charge in [0.25, 0.3) is 0 Å². The number of halogens is 1. The highest BCUT2D eigenvalue weighted by Crippen LogP contribution is 2.28. The lowest BCUT2D eigenvalue weighted by atomic mass is 10.0. The molecule has 94 valence electrons. The van der Waals surface area contributed by atoms with E-state index in [9.17, 15) is 9.50 Å². The summed E-state index contributed by atoms with van der Waals surface area (Å²) in [6.07, 6.45) is 4.00. The van der Waals surface area contributed by atoms with Gasteiger partial charge in [-0.1, -0.05) is 25.0 Å². The summed E-state index contributed by atoms with van der Waals surface area (Å²) in [5.41, 5.74) is 0.567. The van der Waals surface area contributed by atoms with Gasteiger partial charge in [-0.3, -0.25) is 0 Å². The molecule has 0 spiro atoms. The van der Waals surface area contributed by atoms with Gasteiger partial charge in [0.15, 0.2) is 11.6 Å². The van der Waals surface area contributed by atoms with Crippen LogP contribution in [0, 0.1) is 18.7 Å². The smallest absolute Gasteiger partial charge is 0.167 e. The third-order valence-electron chi connectivity index (χ3n) is 3.51. The van der Waals surface area contributed by atoms with Crippen molar-refractivity contribution in [3.8, 4) is 5.75 Å². The maximum atomic E-state index is 13.6. The second-order valence-corrected chi connectivity index (χ2v) is 4.81. The van der Waals surface area contributed by atoms with E-state index in [1.165, 1.54) is 12.8 Å². The van der Waals surface area contributed by atoms with Gasteiger partial charge in [0.1, 0.15) is 6.61 Å². The van der Waals surface area contributed by atoms with Crippen molar-refractivity contribution >= 4 is 0 Å². The maximum absolute atomic E-state index is 13.6. The summed E-state index contributed by atoms with van der Waals surface area (Å²) in [6.45, 7) is 1.89. The first-order valence-corrected chi connectivity index (χ1v) is 6.24. The van der Waals surface area contributed by atoms with E-state index in [0.29, 0.717) is 11.5 Å². The lowest BCUT2D eigenvalue weighted by Crippen LogP contribution is -2.25. The second-order valence-electron chi connectivity index (χ2n) is 4.81. The van der Waals surface area contributed by atoms with Crippen LogP contribution in [0.4, 0.5) is 4.39 Å². The number of rotatable bonds is 4. The summed E-state index contributed by atoms with van der Waals surface area (Å²) in [5.74, 6) is 0.232. The van der Waals surface area contributed by atoms with Crippen LogP contribution in [0.2, 0.25) is 0 Å². The van der Waals surface area contributed by atoms with E-state index < -0.39 is 6.10 Å². The minimum Gasteiger partial charge on any atom is -0.488 e. The van der Waals surface area contributed by atoms with Crippen molar-refractivity contribution in [1.29, 1.82) is 0 Å². The van der Waals surface area contributed by atoms with Crippen molar-refractivity contribution in [1.82, 2.24) is 0 Å². The van der Waals surface area contributed by atoms with Crippen molar-refractivity contribution in [2.45, 2.75) is 38.7 Å². The molecule has 1 aliphatic carbocycles. The normalized spacial score (nSPS) is 18.3. The molecule has 1 aromatic rings. The minimum atomic E-state index is -0.475. The quantitative estimate of drug-likeness (QED) is 0.873. The number of aliphatic hydroxyl groups is 1. The van der Waals surface area contributed by atoms with E-state index in [0.717, 1.165) is 12.8 Å². The fourth-order valence-electron chi connectivity index (χ4n) is 2.39.